The maximum absolute atomic E-state index is 13.5. The van der Waals surface area contributed by atoms with Crippen molar-refractivity contribution in [3.63, 3.8) is 0 Å². The second-order valence-electron chi connectivity index (χ2n) is 14.7. The third-order valence-corrected chi connectivity index (χ3v) is 12.0. The molecule has 4 rings (SSSR count). The fourth-order valence-electron chi connectivity index (χ4n) is 5.27. The Labute approximate surface area is 300 Å². The van der Waals surface area contributed by atoms with Gasteiger partial charge in [-0.15, -0.1) is 0 Å². The van der Waals surface area contributed by atoms with Crippen LogP contribution in [0.25, 0.3) is 0 Å². The minimum absolute atomic E-state index is 0.0348. The molecule has 2 N–H and O–H groups in total. The van der Waals surface area contributed by atoms with E-state index >= 15 is 0 Å². The smallest absolute Gasteiger partial charge is 0.245 e. The molecule has 0 saturated carbocycles. The molecule has 276 valence electrons. The summed E-state index contributed by atoms with van der Waals surface area (Å²) in [5, 5.41) is 14.0. The number of aliphatic hydroxyl groups is 1. The molecule has 3 aromatic rings. The molecule has 0 aromatic heterocycles. The van der Waals surface area contributed by atoms with Gasteiger partial charge in [0.15, 0.2) is 0 Å². The number of nitrogens with zero attached hydrogens (tertiary/aromatic N) is 1. The lowest BCUT2D eigenvalue weighted by atomic mass is 10.0. The lowest BCUT2D eigenvalue weighted by molar-refractivity contribution is -0.180. The summed E-state index contributed by atoms with van der Waals surface area (Å²) in [5.41, 5.74) is 3.70. The summed E-state index contributed by atoms with van der Waals surface area (Å²) in [6.45, 7) is 17.5. The predicted molar refractivity (Wildman–Crippen MR) is 199 cm³/mol. The molecule has 0 aliphatic carbocycles. The SMILES string of the molecule is CC(C)N(COCC[Si](C)(C)C)S(=O)(=O)c1cccc(COCCOc2ccc(CCNC[C@@H](O)c3ccc4c(c3)COC(C)(C)O4)cc2)c1. The van der Waals surface area contributed by atoms with E-state index in [1.165, 1.54) is 4.31 Å². The molecule has 0 bridgehead atoms. The Morgan fingerprint density at radius 1 is 0.960 bits per heavy atom. The normalized spacial score (nSPS) is 15.2. The first kappa shape index (κ1) is 40.0. The summed E-state index contributed by atoms with van der Waals surface area (Å²) in [7, 11) is -4.99. The molecule has 50 heavy (non-hydrogen) atoms. The first-order chi connectivity index (χ1) is 23.6. The topological polar surface area (TPSA) is 116 Å². The number of hydrogen-bond acceptors (Lipinski definition) is 9. The van der Waals surface area contributed by atoms with Gasteiger partial charge in [0, 0.05) is 46.7 Å². The lowest BCUT2D eigenvalue weighted by Gasteiger charge is -2.33. The third kappa shape index (κ3) is 12.4. The van der Waals surface area contributed by atoms with E-state index in [1.807, 2.05) is 76.2 Å². The molecule has 1 aliphatic rings. The van der Waals surface area contributed by atoms with Crippen LogP contribution in [0.5, 0.6) is 11.5 Å². The Kier molecular flexibility index (Phi) is 14.5. The highest BCUT2D eigenvalue weighted by Gasteiger charge is 2.29. The molecule has 0 unspecified atom stereocenters. The third-order valence-electron chi connectivity index (χ3n) is 8.31. The Balaban J connectivity index is 1.14. The van der Waals surface area contributed by atoms with Crippen LogP contribution < -0.4 is 14.8 Å². The van der Waals surface area contributed by atoms with Crippen LogP contribution in [0.3, 0.4) is 0 Å². The molecular formula is C38H56N2O8SSi. The van der Waals surface area contributed by atoms with Crippen molar-refractivity contribution in [2.24, 2.45) is 0 Å². The van der Waals surface area contributed by atoms with Crippen LogP contribution in [0.15, 0.2) is 71.6 Å². The summed E-state index contributed by atoms with van der Waals surface area (Å²) in [6.07, 6.45) is 0.182. The molecule has 0 radical (unpaired) electrons. The van der Waals surface area contributed by atoms with Gasteiger partial charge in [0.05, 0.1) is 30.8 Å². The molecular weight excluding hydrogens is 673 g/mol. The number of hydrogen-bond donors (Lipinski definition) is 2. The first-order valence-electron chi connectivity index (χ1n) is 17.5. The van der Waals surface area contributed by atoms with Crippen molar-refractivity contribution < 1.29 is 37.2 Å². The first-order valence-corrected chi connectivity index (χ1v) is 22.6. The average molecular weight is 729 g/mol. The van der Waals surface area contributed by atoms with E-state index in [9.17, 15) is 13.5 Å². The molecule has 12 heteroatoms. The number of fused-ring (bicyclic) bond motifs is 1. The predicted octanol–water partition coefficient (Wildman–Crippen LogP) is 6.50. The zero-order valence-corrected chi connectivity index (χ0v) is 32.6. The van der Waals surface area contributed by atoms with E-state index in [4.69, 9.17) is 23.7 Å². The van der Waals surface area contributed by atoms with Crippen molar-refractivity contribution in [3.8, 4) is 11.5 Å². The molecule has 1 aliphatic heterocycles. The molecule has 0 amide bonds. The molecule has 3 aromatic carbocycles. The fraction of sp³-hybridized carbons (Fsp3) is 0.526. The van der Waals surface area contributed by atoms with Crippen molar-refractivity contribution in [1.82, 2.24) is 9.62 Å². The zero-order chi connectivity index (χ0) is 36.4. The van der Waals surface area contributed by atoms with Gasteiger partial charge in [-0.3, -0.25) is 0 Å². The van der Waals surface area contributed by atoms with Crippen LogP contribution in [0.4, 0.5) is 0 Å². The quantitative estimate of drug-likeness (QED) is 0.0764. The highest BCUT2D eigenvalue weighted by molar-refractivity contribution is 7.89. The Morgan fingerprint density at radius 2 is 1.72 bits per heavy atom. The van der Waals surface area contributed by atoms with E-state index < -0.39 is 30.0 Å². The molecule has 0 saturated heterocycles. The standard InChI is InChI=1S/C38H56N2O8SSi/c1-29(2)40(28-45-21-22-50(5,6)7)49(42,43)35-10-8-9-31(23-35)26-44-19-20-46-34-14-11-30(12-15-34)17-18-39-25-36(41)32-13-16-37-33(24-32)27-47-38(3,4)48-37/h8-16,23-24,29,36,39,41H,17-22,25-28H2,1-7H3/t36-/m1/s1. The minimum atomic E-state index is -3.73. The van der Waals surface area contributed by atoms with Gasteiger partial charge in [-0.25, -0.2) is 8.42 Å². The van der Waals surface area contributed by atoms with Gasteiger partial charge < -0.3 is 34.1 Å². The summed E-state index contributed by atoms with van der Waals surface area (Å²) < 4.78 is 57.3. The van der Waals surface area contributed by atoms with Gasteiger partial charge in [0.25, 0.3) is 0 Å². The van der Waals surface area contributed by atoms with E-state index in [0.717, 1.165) is 52.8 Å². The molecule has 1 heterocycles. The fourth-order valence-corrected chi connectivity index (χ4v) is 7.62. The number of aliphatic hydroxyl groups excluding tert-OH is 1. The number of nitrogens with one attached hydrogen (secondary N) is 1. The van der Waals surface area contributed by atoms with Crippen LogP contribution in [0, 0.1) is 0 Å². The van der Waals surface area contributed by atoms with E-state index in [1.54, 1.807) is 18.2 Å². The monoisotopic (exact) mass is 728 g/mol. The second kappa shape index (κ2) is 18.1. The number of ether oxygens (including phenoxy) is 5. The van der Waals surface area contributed by atoms with Gasteiger partial charge in [-0.2, -0.15) is 4.31 Å². The van der Waals surface area contributed by atoms with Crippen LogP contribution in [0.1, 0.15) is 56.1 Å². The van der Waals surface area contributed by atoms with E-state index in [0.29, 0.717) is 33.0 Å². The largest absolute Gasteiger partial charge is 0.491 e. The van der Waals surface area contributed by atoms with Crippen LogP contribution in [0.2, 0.25) is 25.7 Å². The van der Waals surface area contributed by atoms with Gasteiger partial charge in [-0.05, 0) is 85.9 Å². The van der Waals surface area contributed by atoms with E-state index in [2.05, 4.69) is 25.0 Å². The van der Waals surface area contributed by atoms with Crippen LogP contribution in [-0.4, -0.2) is 77.4 Å². The lowest BCUT2D eigenvalue weighted by Crippen LogP contribution is -2.39. The minimum Gasteiger partial charge on any atom is -0.491 e. The molecule has 1 atom stereocenters. The zero-order valence-electron chi connectivity index (χ0n) is 30.7. The summed E-state index contributed by atoms with van der Waals surface area (Å²) in [4.78, 5) is 0.230. The van der Waals surface area contributed by atoms with Crippen LogP contribution in [-0.2, 0) is 43.9 Å². The van der Waals surface area contributed by atoms with Crippen molar-refractivity contribution in [2.45, 2.75) is 95.8 Å². The van der Waals surface area contributed by atoms with Crippen LogP contribution >= 0.6 is 0 Å². The molecule has 0 spiro atoms. The van der Waals surface area contributed by atoms with Gasteiger partial charge in [0.2, 0.25) is 15.8 Å². The molecule has 0 fully saturated rings. The molecule has 10 nitrogen and oxygen atoms in total. The maximum atomic E-state index is 13.5. The van der Waals surface area contributed by atoms with Crippen molar-refractivity contribution in [2.75, 3.05) is 39.6 Å². The number of sulfonamides is 1. The van der Waals surface area contributed by atoms with Gasteiger partial charge in [-0.1, -0.05) is 50.0 Å². The highest BCUT2D eigenvalue weighted by Crippen LogP contribution is 2.33. The van der Waals surface area contributed by atoms with Gasteiger partial charge >= 0.3 is 0 Å². The second-order valence-corrected chi connectivity index (χ2v) is 22.2. The summed E-state index contributed by atoms with van der Waals surface area (Å²) >= 11 is 0. The van der Waals surface area contributed by atoms with Gasteiger partial charge in [0.1, 0.15) is 24.8 Å². The summed E-state index contributed by atoms with van der Waals surface area (Å²) in [5.74, 6) is 0.903. The van der Waals surface area contributed by atoms with Crippen molar-refractivity contribution in [1.29, 1.82) is 0 Å². The Morgan fingerprint density at radius 3 is 2.44 bits per heavy atom. The number of rotatable bonds is 20. The Bertz CT molecular complexity index is 1610. The van der Waals surface area contributed by atoms with Crippen molar-refractivity contribution in [3.05, 3.63) is 89.0 Å². The highest BCUT2D eigenvalue weighted by atomic mass is 32.2. The maximum Gasteiger partial charge on any atom is 0.245 e. The Hall–Kier alpha value is -2.81. The van der Waals surface area contributed by atoms with Crippen molar-refractivity contribution >= 4 is 18.1 Å². The summed E-state index contributed by atoms with van der Waals surface area (Å²) in [6, 6.07) is 21.3. The average Bonchev–Trinajstić information content (AvgIpc) is 3.05. The van der Waals surface area contributed by atoms with E-state index in [-0.39, 0.29) is 24.3 Å². The number of benzene rings is 3.